The molecule has 4 rings (SSSR count). The molecule has 0 aliphatic carbocycles. The molecular formula is C23H18ClN5O3. The molecule has 1 N–H and O–H groups in total. The highest BCUT2D eigenvalue weighted by Gasteiger charge is 2.22. The van der Waals surface area contributed by atoms with E-state index < -0.39 is 10.8 Å². The quantitative estimate of drug-likeness (QED) is 0.325. The van der Waals surface area contributed by atoms with Crippen LogP contribution in [0.5, 0.6) is 0 Å². The Morgan fingerprint density at radius 3 is 2.50 bits per heavy atom. The molecule has 0 amide bonds. The number of nitrogens with one attached hydrogen (secondary N) is 1. The molecule has 0 radical (unpaired) electrons. The fraction of sp³-hybridized carbons (Fsp3) is 0.0870. The summed E-state index contributed by atoms with van der Waals surface area (Å²) in [6.07, 6.45) is 0. The molecule has 0 bridgehead atoms. The third-order valence-electron chi connectivity index (χ3n) is 4.79. The average Bonchev–Trinajstić information content (AvgIpc) is 3.22. The van der Waals surface area contributed by atoms with Gasteiger partial charge in [-0.1, -0.05) is 71.8 Å². The van der Waals surface area contributed by atoms with Gasteiger partial charge in [-0.2, -0.15) is 9.67 Å². The van der Waals surface area contributed by atoms with E-state index in [4.69, 9.17) is 11.6 Å². The van der Waals surface area contributed by atoms with Crippen LogP contribution in [0.1, 0.15) is 21.5 Å². The second kappa shape index (κ2) is 8.99. The fourth-order valence-electron chi connectivity index (χ4n) is 3.08. The molecule has 0 aliphatic rings. The lowest BCUT2D eigenvalue weighted by molar-refractivity contribution is -0.384. The Labute approximate surface area is 188 Å². The van der Waals surface area contributed by atoms with Gasteiger partial charge in [-0.3, -0.25) is 14.9 Å². The molecule has 32 heavy (non-hydrogen) atoms. The smallest absolute Gasteiger partial charge is 0.288 e. The van der Waals surface area contributed by atoms with Crippen molar-refractivity contribution >= 4 is 29.1 Å². The maximum Gasteiger partial charge on any atom is 0.288 e. The van der Waals surface area contributed by atoms with E-state index in [1.54, 1.807) is 0 Å². The van der Waals surface area contributed by atoms with E-state index in [0.717, 1.165) is 27.4 Å². The van der Waals surface area contributed by atoms with Crippen LogP contribution in [-0.2, 0) is 6.54 Å². The average molecular weight is 448 g/mol. The highest BCUT2D eigenvalue weighted by atomic mass is 35.5. The Morgan fingerprint density at radius 1 is 1.09 bits per heavy atom. The van der Waals surface area contributed by atoms with Crippen LogP contribution in [0.15, 0.2) is 72.8 Å². The Hall–Kier alpha value is -4.04. The third-order valence-corrected chi connectivity index (χ3v) is 5.11. The topological polar surface area (TPSA) is 103 Å². The zero-order chi connectivity index (χ0) is 22.7. The molecule has 8 nitrogen and oxygen atoms in total. The van der Waals surface area contributed by atoms with Crippen LogP contribution in [0.25, 0.3) is 11.4 Å². The van der Waals surface area contributed by atoms with Gasteiger partial charge in [0, 0.05) is 23.7 Å². The number of hydrogen-bond acceptors (Lipinski definition) is 6. The number of benzene rings is 3. The first-order chi connectivity index (χ1) is 15.4. The molecule has 0 fully saturated rings. The predicted molar refractivity (Wildman–Crippen MR) is 122 cm³/mol. The minimum absolute atomic E-state index is 0.0482. The van der Waals surface area contributed by atoms with E-state index in [-0.39, 0.29) is 22.2 Å². The van der Waals surface area contributed by atoms with Gasteiger partial charge in [0.05, 0.1) is 4.92 Å². The highest BCUT2D eigenvalue weighted by molar-refractivity contribution is 6.32. The Morgan fingerprint density at radius 2 is 1.81 bits per heavy atom. The van der Waals surface area contributed by atoms with Crippen molar-refractivity contribution in [3.8, 4) is 11.4 Å². The first-order valence-electron chi connectivity index (χ1n) is 9.73. The molecule has 4 aromatic rings. The minimum Gasteiger partial charge on any atom is -0.350 e. The van der Waals surface area contributed by atoms with Gasteiger partial charge in [0.1, 0.15) is 5.02 Å². The standard InChI is InChI=1S/C23H18ClN5O3/c1-15-7-9-17(10-8-15)21-26-23(25-14-16-5-3-2-4-6-16)28(27-21)22(30)18-11-12-19(24)20(13-18)29(31)32/h2-13H,14H2,1H3,(H,25,26,27). The summed E-state index contributed by atoms with van der Waals surface area (Å²) in [5.74, 6) is 0.0237. The van der Waals surface area contributed by atoms with Crippen molar-refractivity contribution in [3.05, 3.63) is 105 Å². The number of rotatable bonds is 6. The van der Waals surface area contributed by atoms with Crippen molar-refractivity contribution in [3.63, 3.8) is 0 Å². The van der Waals surface area contributed by atoms with E-state index in [1.165, 1.54) is 12.1 Å². The summed E-state index contributed by atoms with van der Waals surface area (Å²) in [5.41, 5.74) is 2.54. The van der Waals surface area contributed by atoms with Crippen molar-refractivity contribution in [1.29, 1.82) is 0 Å². The third kappa shape index (κ3) is 4.50. The van der Waals surface area contributed by atoms with Crippen LogP contribution in [-0.4, -0.2) is 25.6 Å². The van der Waals surface area contributed by atoms with Crippen molar-refractivity contribution < 1.29 is 9.72 Å². The normalized spacial score (nSPS) is 10.7. The molecule has 9 heteroatoms. The van der Waals surface area contributed by atoms with Crippen molar-refractivity contribution in [2.45, 2.75) is 13.5 Å². The summed E-state index contributed by atoms with van der Waals surface area (Å²) in [5, 5.41) is 18.7. The number of hydrogen-bond donors (Lipinski definition) is 1. The second-order valence-corrected chi connectivity index (χ2v) is 7.51. The predicted octanol–water partition coefficient (Wildman–Crippen LogP) is 5.12. The van der Waals surface area contributed by atoms with Gasteiger partial charge in [-0.15, -0.1) is 5.10 Å². The molecule has 0 saturated carbocycles. The van der Waals surface area contributed by atoms with Crippen LogP contribution < -0.4 is 5.32 Å². The molecule has 0 unspecified atom stereocenters. The number of halogens is 1. The lowest BCUT2D eigenvalue weighted by Gasteiger charge is -2.07. The lowest BCUT2D eigenvalue weighted by Crippen LogP contribution is -2.17. The number of nitro groups is 1. The van der Waals surface area contributed by atoms with E-state index in [1.807, 2.05) is 61.5 Å². The van der Waals surface area contributed by atoms with Crippen LogP contribution in [0, 0.1) is 17.0 Å². The van der Waals surface area contributed by atoms with E-state index >= 15 is 0 Å². The summed E-state index contributed by atoms with van der Waals surface area (Å²) in [6, 6.07) is 21.1. The number of aromatic nitrogens is 3. The number of aryl methyl sites for hydroxylation is 1. The van der Waals surface area contributed by atoms with Gasteiger partial charge in [0.2, 0.25) is 5.95 Å². The summed E-state index contributed by atoms with van der Waals surface area (Å²) in [6.45, 7) is 2.39. The number of carbonyl (C=O) groups excluding carboxylic acids is 1. The van der Waals surface area contributed by atoms with E-state index in [9.17, 15) is 14.9 Å². The highest BCUT2D eigenvalue weighted by Crippen LogP contribution is 2.26. The van der Waals surface area contributed by atoms with E-state index in [0.29, 0.717) is 12.4 Å². The summed E-state index contributed by atoms with van der Waals surface area (Å²) in [4.78, 5) is 28.3. The SMILES string of the molecule is Cc1ccc(-c2nc(NCc3ccccc3)n(C(=O)c3ccc(Cl)c([N+](=O)[O-])c3)n2)cc1. The van der Waals surface area contributed by atoms with E-state index in [2.05, 4.69) is 15.4 Å². The Balaban J connectivity index is 1.73. The Bertz CT molecular complexity index is 1290. The maximum atomic E-state index is 13.2. The summed E-state index contributed by atoms with van der Waals surface area (Å²) in [7, 11) is 0. The van der Waals surface area contributed by atoms with Crippen molar-refractivity contribution in [2.75, 3.05) is 5.32 Å². The Kier molecular flexibility index (Phi) is 5.96. The van der Waals surface area contributed by atoms with Gasteiger partial charge in [0.15, 0.2) is 5.82 Å². The fourth-order valence-corrected chi connectivity index (χ4v) is 3.26. The number of nitrogens with zero attached hydrogens (tertiary/aromatic N) is 4. The van der Waals surface area contributed by atoms with Crippen molar-refractivity contribution in [1.82, 2.24) is 14.8 Å². The van der Waals surface area contributed by atoms with Gasteiger partial charge in [0.25, 0.3) is 11.6 Å². The summed E-state index contributed by atoms with van der Waals surface area (Å²) < 4.78 is 1.12. The van der Waals surface area contributed by atoms with Crippen LogP contribution in [0.3, 0.4) is 0 Å². The largest absolute Gasteiger partial charge is 0.350 e. The summed E-state index contributed by atoms with van der Waals surface area (Å²) >= 11 is 5.89. The van der Waals surface area contributed by atoms with Gasteiger partial charge in [-0.25, -0.2) is 0 Å². The first kappa shape index (κ1) is 21.2. The van der Waals surface area contributed by atoms with Gasteiger partial charge in [-0.05, 0) is 24.6 Å². The number of anilines is 1. The molecule has 160 valence electrons. The molecule has 1 heterocycles. The van der Waals surface area contributed by atoms with Crippen molar-refractivity contribution in [2.24, 2.45) is 0 Å². The minimum atomic E-state index is -0.632. The van der Waals surface area contributed by atoms with Gasteiger partial charge < -0.3 is 5.32 Å². The lowest BCUT2D eigenvalue weighted by atomic mass is 10.1. The zero-order valence-electron chi connectivity index (χ0n) is 17.0. The monoisotopic (exact) mass is 447 g/mol. The molecule has 3 aromatic carbocycles. The van der Waals surface area contributed by atoms with Crippen LogP contribution in [0.2, 0.25) is 5.02 Å². The van der Waals surface area contributed by atoms with Gasteiger partial charge >= 0.3 is 0 Å². The van der Waals surface area contributed by atoms with Crippen LogP contribution >= 0.6 is 11.6 Å². The molecule has 0 atom stereocenters. The zero-order valence-corrected chi connectivity index (χ0v) is 17.8. The molecular weight excluding hydrogens is 430 g/mol. The first-order valence-corrected chi connectivity index (χ1v) is 10.1. The molecule has 0 saturated heterocycles. The maximum absolute atomic E-state index is 13.2. The number of carbonyl (C=O) groups is 1. The molecule has 1 aromatic heterocycles. The molecule has 0 spiro atoms. The molecule has 0 aliphatic heterocycles. The number of nitro benzene ring substituents is 1. The van der Waals surface area contributed by atoms with Crippen LogP contribution in [0.4, 0.5) is 11.6 Å². The second-order valence-electron chi connectivity index (χ2n) is 7.10.